The summed E-state index contributed by atoms with van der Waals surface area (Å²) >= 11 is 0. The molecule has 0 unspecified atom stereocenters. The monoisotopic (exact) mass is 434 g/mol. The topological polar surface area (TPSA) is 68.4 Å². The van der Waals surface area contributed by atoms with Crippen LogP contribution in [0.25, 0.3) is 21.7 Å². The minimum absolute atomic E-state index is 0.284. The average molecular weight is 435 g/mol. The number of anilines is 2. The molecule has 3 aromatic carbocycles. The molecule has 6 nitrogen and oxygen atoms in total. The van der Waals surface area contributed by atoms with E-state index in [1.807, 2.05) is 61.5 Å². The zero-order valence-electron chi connectivity index (χ0n) is 17.9. The van der Waals surface area contributed by atoms with E-state index in [9.17, 15) is 8.42 Å². The minimum atomic E-state index is -3.75. The summed E-state index contributed by atoms with van der Waals surface area (Å²) in [6.45, 7) is 1.88. The molecule has 0 fully saturated rings. The Bertz CT molecular complexity index is 1410. The fraction of sp³-hybridized carbons (Fsp3) is 0.250. The van der Waals surface area contributed by atoms with E-state index in [1.165, 1.54) is 11.3 Å². The van der Waals surface area contributed by atoms with Crippen LogP contribution in [0.2, 0.25) is 0 Å². The van der Waals surface area contributed by atoms with Gasteiger partial charge in [-0.05, 0) is 49.4 Å². The maximum absolute atomic E-state index is 13.4. The number of sulfonamides is 1. The molecular formula is C24H26N4O2S. The van der Waals surface area contributed by atoms with E-state index in [2.05, 4.69) is 21.7 Å². The van der Waals surface area contributed by atoms with Crippen molar-refractivity contribution in [2.45, 2.75) is 17.9 Å². The highest BCUT2D eigenvalue weighted by molar-refractivity contribution is 7.93. The Morgan fingerprint density at radius 1 is 1.00 bits per heavy atom. The van der Waals surface area contributed by atoms with Gasteiger partial charge in [0.25, 0.3) is 10.0 Å². The van der Waals surface area contributed by atoms with Crippen LogP contribution in [-0.2, 0) is 23.0 Å². The zero-order chi connectivity index (χ0) is 21.8. The highest BCUT2D eigenvalue weighted by Crippen LogP contribution is 2.33. The first-order valence-electron chi connectivity index (χ1n) is 10.4. The van der Waals surface area contributed by atoms with Crippen molar-refractivity contribution in [3.63, 3.8) is 0 Å². The van der Waals surface area contributed by atoms with E-state index >= 15 is 0 Å². The van der Waals surface area contributed by atoms with Crippen molar-refractivity contribution in [3.8, 4) is 0 Å². The summed E-state index contributed by atoms with van der Waals surface area (Å²) in [6, 6.07) is 16.9. The molecule has 0 amide bonds. The second kappa shape index (κ2) is 7.28. The van der Waals surface area contributed by atoms with Crippen molar-refractivity contribution < 1.29 is 8.42 Å². The molecule has 0 spiro atoms. The van der Waals surface area contributed by atoms with Crippen molar-refractivity contribution in [1.82, 2.24) is 9.88 Å². The van der Waals surface area contributed by atoms with E-state index in [4.69, 9.17) is 0 Å². The summed E-state index contributed by atoms with van der Waals surface area (Å²) in [4.78, 5) is 8.04. The molecule has 2 heterocycles. The van der Waals surface area contributed by atoms with E-state index in [0.717, 1.165) is 41.5 Å². The van der Waals surface area contributed by atoms with E-state index < -0.39 is 10.0 Å². The van der Waals surface area contributed by atoms with E-state index in [0.29, 0.717) is 11.1 Å². The SMILES string of the molecule is CN1CCc2c([nH]c3ccc(NS(=O)(=O)c4cccc5c(N(C)C)cccc45)cc23)C1. The number of nitrogens with zero attached hydrogens (tertiary/aromatic N) is 2. The maximum atomic E-state index is 13.4. The van der Waals surface area contributed by atoms with Crippen LogP contribution >= 0.6 is 0 Å². The van der Waals surface area contributed by atoms with Gasteiger partial charge in [0, 0.05) is 65.9 Å². The van der Waals surface area contributed by atoms with Gasteiger partial charge in [-0.1, -0.05) is 24.3 Å². The molecule has 0 atom stereocenters. The van der Waals surface area contributed by atoms with Crippen molar-refractivity contribution >= 4 is 43.1 Å². The number of aromatic nitrogens is 1. The number of aromatic amines is 1. The molecule has 7 heteroatoms. The fourth-order valence-corrected chi connectivity index (χ4v) is 5.81. The summed E-state index contributed by atoms with van der Waals surface area (Å²) in [5.74, 6) is 0. The Morgan fingerprint density at radius 3 is 2.58 bits per heavy atom. The summed E-state index contributed by atoms with van der Waals surface area (Å²) < 4.78 is 29.5. The van der Waals surface area contributed by atoms with Crippen LogP contribution in [0.3, 0.4) is 0 Å². The van der Waals surface area contributed by atoms with Crippen molar-refractivity contribution in [1.29, 1.82) is 0 Å². The van der Waals surface area contributed by atoms with Gasteiger partial charge >= 0.3 is 0 Å². The highest BCUT2D eigenvalue weighted by Gasteiger charge is 2.21. The number of hydrogen-bond acceptors (Lipinski definition) is 4. The largest absolute Gasteiger partial charge is 0.377 e. The molecule has 0 saturated heterocycles. The summed E-state index contributed by atoms with van der Waals surface area (Å²) in [7, 11) is 2.27. The smallest absolute Gasteiger partial charge is 0.262 e. The lowest BCUT2D eigenvalue weighted by atomic mass is 10.0. The number of rotatable bonds is 4. The highest BCUT2D eigenvalue weighted by atomic mass is 32.2. The number of fused-ring (bicyclic) bond motifs is 4. The zero-order valence-corrected chi connectivity index (χ0v) is 18.8. The third kappa shape index (κ3) is 3.43. The normalized spacial score (nSPS) is 14.7. The molecule has 4 aromatic rings. The first-order valence-corrected chi connectivity index (χ1v) is 11.9. The second-order valence-corrected chi connectivity index (χ2v) is 10.1. The molecule has 0 bridgehead atoms. The minimum Gasteiger partial charge on any atom is -0.377 e. The molecule has 31 heavy (non-hydrogen) atoms. The predicted molar refractivity (Wildman–Crippen MR) is 127 cm³/mol. The Labute approximate surface area is 182 Å². The molecule has 5 rings (SSSR count). The van der Waals surface area contributed by atoms with Crippen LogP contribution in [-0.4, -0.2) is 46.0 Å². The van der Waals surface area contributed by atoms with Crippen LogP contribution in [0, 0.1) is 0 Å². The lowest BCUT2D eigenvalue weighted by molar-refractivity contribution is 0.310. The second-order valence-electron chi connectivity index (χ2n) is 8.46. The lowest BCUT2D eigenvalue weighted by Crippen LogP contribution is -2.26. The van der Waals surface area contributed by atoms with Gasteiger partial charge in [0.05, 0.1) is 4.90 Å². The quantitative estimate of drug-likeness (QED) is 0.506. The number of benzene rings is 3. The van der Waals surface area contributed by atoms with Gasteiger partial charge in [0.2, 0.25) is 0 Å². The Hall–Kier alpha value is -3.03. The van der Waals surface area contributed by atoms with Gasteiger partial charge in [-0.25, -0.2) is 8.42 Å². The third-order valence-corrected chi connectivity index (χ3v) is 7.49. The number of H-pyrrole nitrogens is 1. The van der Waals surface area contributed by atoms with Gasteiger partial charge in [0.1, 0.15) is 0 Å². The van der Waals surface area contributed by atoms with Crippen molar-refractivity contribution in [3.05, 3.63) is 65.9 Å². The lowest BCUT2D eigenvalue weighted by Gasteiger charge is -2.22. The maximum Gasteiger partial charge on any atom is 0.262 e. The number of hydrogen-bond donors (Lipinski definition) is 2. The molecule has 1 aromatic heterocycles. The van der Waals surface area contributed by atoms with Crippen LogP contribution in [0.4, 0.5) is 11.4 Å². The molecule has 0 saturated carbocycles. The van der Waals surface area contributed by atoms with Gasteiger partial charge in [-0.3, -0.25) is 4.72 Å². The molecule has 2 N–H and O–H groups in total. The Balaban J connectivity index is 1.56. The Kier molecular flexibility index (Phi) is 4.68. The Morgan fingerprint density at radius 2 is 1.77 bits per heavy atom. The third-order valence-electron chi connectivity index (χ3n) is 6.05. The fourth-order valence-electron chi connectivity index (χ4n) is 4.54. The number of likely N-dealkylation sites (N-methyl/N-ethyl adjacent to an activating group) is 1. The van der Waals surface area contributed by atoms with Crippen LogP contribution < -0.4 is 9.62 Å². The molecule has 1 aliphatic rings. The van der Waals surface area contributed by atoms with E-state index in [1.54, 1.807) is 12.1 Å². The van der Waals surface area contributed by atoms with Gasteiger partial charge < -0.3 is 14.8 Å². The first kappa shape index (κ1) is 19.9. The van der Waals surface area contributed by atoms with E-state index in [-0.39, 0.29) is 4.90 Å². The van der Waals surface area contributed by atoms with Crippen LogP contribution in [0.5, 0.6) is 0 Å². The van der Waals surface area contributed by atoms with Crippen molar-refractivity contribution in [2.24, 2.45) is 0 Å². The summed E-state index contributed by atoms with van der Waals surface area (Å²) in [5.41, 5.74) is 5.11. The molecule has 160 valence electrons. The number of nitrogens with one attached hydrogen (secondary N) is 2. The van der Waals surface area contributed by atoms with Crippen LogP contribution in [0.15, 0.2) is 59.5 Å². The molecule has 1 aliphatic heterocycles. The first-order chi connectivity index (χ1) is 14.8. The summed E-state index contributed by atoms with van der Waals surface area (Å²) in [5, 5.41) is 2.72. The summed E-state index contributed by atoms with van der Waals surface area (Å²) in [6.07, 6.45) is 0.957. The molecular weight excluding hydrogens is 408 g/mol. The van der Waals surface area contributed by atoms with Gasteiger partial charge in [-0.15, -0.1) is 0 Å². The molecule has 0 radical (unpaired) electrons. The van der Waals surface area contributed by atoms with Crippen LogP contribution in [0.1, 0.15) is 11.3 Å². The standard InChI is InChI=1S/C24H26N4O2S/c1-27(2)23-8-4-7-19-18(23)6-5-9-24(19)31(29,30)26-16-10-11-21-20(14-16)17-12-13-28(3)15-22(17)25-21/h4-11,14,25-26H,12-13,15H2,1-3H3. The van der Waals surface area contributed by atoms with Gasteiger partial charge in [-0.2, -0.15) is 0 Å². The molecule has 0 aliphatic carbocycles. The predicted octanol–water partition coefficient (Wildman–Crippen LogP) is 4.18. The average Bonchev–Trinajstić information content (AvgIpc) is 3.09. The van der Waals surface area contributed by atoms with Crippen molar-refractivity contribution in [2.75, 3.05) is 37.3 Å². The van der Waals surface area contributed by atoms with Gasteiger partial charge in [0.15, 0.2) is 0 Å².